The van der Waals surface area contributed by atoms with Crippen molar-refractivity contribution in [3.63, 3.8) is 0 Å². The average Bonchev–Trinajstić information content (AvgIpc) is 2.92. The number of aromatic hydroxyl groups is 1. The fourth-order valence-corrected chi connectivity index (χ4v) is 2.79. The smallest absolute Gasteiger partial charge is 0.262 e. The molecule has 1 aromatic heterocycles. The number of carbonyl (C=O) groups excluding carboxylic acids is 1. The van der Waals surface area contributed by atoms with Gasteiger partial charge in [-0.25, -0.2) is 0 Å². The highest BCUT2D eigenvalue weighted by Crippen LogP contribution is 2.29. The van der Waals surface area contributed by atoms with E-state index in [-0.39, 0.29) is 23.7 Å². The predicted molar refractivity (Wildman–Crippen MR) is 87.9 cm³/mol. The van der Waals surface area contributed by atoms with Crippen molar-refractivity contribution >= 4 is 57.7 Å². The van der Waals surface area contributed by atoms with E-state index in [1.165, 1.54) is 18.0 Å². The average molecular weight is 344 g/mol. The molecule has 0 spiro atoms. The van der Waals surface area contributed by atoms with Gasteiger partial charge < -0.3 is 10.4 Å². The molecule has 1 aromatic carbocycles. The lowest BCUT2D eigenvalue weighted by molar-refractivity contribution is 0.0975. The second kappa shape index (κ2) is 6.51. The number of nitrogens with zero attached hydrogens (tertiary/aromatic N) is 2. The van der Waals surface area contributed by atoms with Crippen molar-refractivity contribution in [2.24, 2.45) is 4.99 Å². The molecule has 21 heavy (non-hydrogen) atoms. The summed E-state index contributed by atoms with van der Waals surface area (Å²) in [5, 5.41) is 14.4. The van der Waals surface area contributed by atoms with Crippen molar-refractivity contribution in [3.8, 4) is 5.75 Å². The molecule has 0 radical (unpaired) electrons. The van der Waals surface area contributed by atoms with Crippen molar-refractivity contribution in [2.45, 2.75) is 0 Å². The molecular formula is C13H11Cl2N3O2S. The predicted octanol–water partition coefficient (Wildman–Crippen LogP) is 2.85. The van der Waals surface area contributed by atoms with E-state index in [9.17, 15) is 9.90 Å². The number of amides is 1. The zero-order valence-corrected chi connectivity index (χ0v) is 13.1. The number of aliphatic imine (C=N–C) groups is 1. The normalized spacial score (nSPS) is 13.7. The van der Waals surface area contributed by atoms with E-state index >= 15 is 0 Å². The number of aromatic nitrogens is 1. The largest absolute Gasteiger partial charge is 0.506 e. The highest BCUT2D eigenvalue weighted by Gasteiger charge is 2.18. The Balaban J connectivity index is 0.00000161. The number of thioether (sulfide) groups is 1. The molecule has 2 N–H and O–H groups in total. The van der Waals surface area contributed by atoms with Crippen LogP contribution in [0.1, 0.15) is 10.4 Å². The molecule has 0 aliphatic carbocycles. The number of nitrogens with one attached hydrogen (secondary N) is 1. The van der Waals surface area contributed by atoms with Crippen molar-refractivity contribution in [3.05, 3.63) is 35.0 Å². The standard InChI is InChI=1S/C13H10ClN3O2S.ClH/c14-7-1-2-10-8(5-7)11(18)9(6-16-10)12(19)17-13-15-3-4-20-13;/h1-2,5-6H,3-4H2,(H,16,18)(H,15,17,19);1H. The van der Waals surface area contributed by atoms with Crippen LogP contribution in [0.4, 0.5) is 0 Å². The molecule has 0 atom stereocenters. The van der Waals surface area contributed by atoms with Gasteiger partial charge in [0.1, 0.15) is 11.3 Å². The molecule has 0 fully saturated rings. The first-order chi connectivity index (χ1) is 9.65. The van der Waals surface area contributed by atoms with E-state index in [4.69, 9.17) is 11.6 Å². The molecule has 0 bridgehead atoms. The number of hydrogen-bond acceptors (Lipinski definition) is 5. The van der Waals surface area contributed by atoms with E-state index < -0.39 is 5.91 Å². The van der Waals surface area contributed by atoms with Gasteiger partial charge in [0.05, 0.1) is 12.1 Å². The highest BCUT2D eigenvalue weighted by molar-refractivity contribution is 8.14. The fourth-order valence-electron chi connectivity index (χ4n) is 1.89. The fraction of sp³-hybridized carbons (Fsp3) is 0.154. The molecular weight excluding hydrogens is 333 g/mol. The van der Waals surface area contributed by atoms with Crippen LogP contribution < -0.4 is 5.32 Å². The van der Waals surface area contributed by atoms with Gasteiger partial charge in [0.2, 0.25) is 0 Å². The molecule has 0 saturated heterocycles. The first-order valence-corrected chi connectivity index (χ1v) is 7.27. The number of fused-ring (bicyclic) bond motifs is 1. The van der Waals surface area contributed by atoms with Crippen LogP contribution in [0.15, 0.2) is 29.4 Å². The first-order valence-electron chi connectivity index (χ1n) is 5.91. The maximum atomic E-state index is 12.1. The maximum Gasteiger partial charge on any atom is 0.262 e. The number of rotatable bonds is 1. The minimum Gasteiger partial charge on any atom is -0.506 e. The van der Waals surface area contributed by atoms with Gasteiger partial charge in [-0.3, -0.25) is 14.8 Å². The summed E-state index contributed by atoms with van der Waals surface area (Å²) in [5.41, 5.74) is 0.686. The second-order valence-electron chi connectivity index (χ2n) is 4.17. The molecule has 110 valence electrons. The van der Waals surface area contributed by atoms with E-state index in [1.807, 2.05) is 0 Å². The van der Waals surface area contributed by atoms with Gasteiger partial charge in [0.15, 0.2) is 5.17 Å². The molecule has 5 nitrogen and oxygen atoms in total. The quantitative estimate of drug-likeness (QED) is 0.834. The van der Waals surface area contributed by atoms with Gasteiger partial charge in [-0.2, -0.15) is 0 Å². The van der Waals surface area contributed by atoms with Gasteiger partial charge >= 0.3 is 0 Å². The van der Waals surface area contributed by atoms with Crippen LogP contribution in [-0.2, 0) is 0 Å². The maximum absolute atomic E-state index is 12.1. The second-order valence-corrected chi connectivity index (χ2v) is 5.69. The number of amidine groups is 1. The van der Waals surface area contributed by atoms with Crippen molar-refractivity contribution < 1.29 is 9.90 Å². The third-order valence-electron chi connectivity index (χ3n) is 2.85. The monoisotopic (exact) mass is 343 g/mol. The lowest BCUT2D eigenvalue weighted by atomic mass is 10.1. The summed E-state index contributed by atoms with van der Waals surface area (Å²) in [6, 6.07) is 4.95. The van der Waals surface area contributed by atoms with Gasteiger partial charge in [0.25, 0.3) is 5.91 Å². The molecule has 8 heteroatoms. The summed E-state index contributed by atoms with van der Waals surface area (Å²) in [5.74, 6) is 0.302. The minimum atomic E-state index is -0.426. The molecule has 1 aliphatic heterocycles. The Morgan fingerprint density at radius 1 is 1.43 bits per heavy atom. The van der Waals surface area contributed by atoms with Gasteiger partial charge in [-0.15, -0.1) is 12.4 Å². The molecule has 3 rings (SSSR count). The molecule has 2 aromatic rings. The Bertz CT molecular complexity index is 737. The van der Waals surface area contributed by atoms with E-state index in [0.29, 0.717) is 27.6 Å². The topological polar surface area (TPSA) is 74.6 Å². The van der Waals surface area contributed by atoms with E-state index in [1.54, 1.807) is 18.2 Å². The summed E-state index contributed by atoms with van der Waals surface area (Å²) < 4.78 is 0. The zero-order valence-electron chi connectivity index (χ0n) is 10.7. The van der Waals surface area contributed by atoms with Crippen molar-refractivity contribution in [1.82, 2.24) is 10.3 Å². The lowest BCUT2D eigenvalue weighted by Crippen LogP contribution is -2.27. The molecule has 1 amide bonds. The molecule has 1 aliphatic rings. The Morgan fingerprint density at radius 2 is 2.24 bits per heavy atom. The van der Waals surface area contributed by atoms with Gasteiger partial charge in [-0.1, -0.05) is 23.4 Å². The Morgan fingerprint density at radius 3 is 2.95 bits per heavy atom. The van der Waals surface area contributed by atoms with E-state index in [0.717, 1.165) is 5.75 Å². The van der Waals surface area contributed by atoms with Crippen LogP contribution >= 0.6 is 35.8 Å². The number of pyridine rings is 1. The van der Waals surface area contributed by atoms with Crippen LogP contribution in [0, 0.1) is 0 Å². The number of halogens is 2. The van der Waals surface area contributed by atoms with Crippen molar-refractivity contribution in [2.75, 3.05) is 12.3 Å². The summed E-state index contributed by atoms with van der Waals surface area (Å²) >= 11 is 7.37. The SMILES string of the molecule is Cl.O=C(NC1=NCCS1)c1cnc2ccc(Cl)cc2c1O. The number of hydrogen-bond donors (Lipinski definition) is 2. The summed E-state index contributed by atoms with van der Waals surface area (Å²) in [7, 11) is 0. The molecule has 2 heterocycles. The first kappa shape index (κ1) is 15.9. The zero-order chi connectivity index (χ0) is 14.1. The Labute approximate surface area is 136 Å². The van der Waals surface area contributed by atoms with E-state index in [2.05, 4.69) is 15.3 Å². The van der Waals surface area contributed by atoms with Gasteiger partial charge in [-0.05, 0) is 18.2 Å². The molecule has 0 saturated carbocycles. The lowest BCUT2D eigenvalue weighted by Gasteiger charge is -2.08. The number of carbonyl (C=O) groups is 1. The highest BCUT2D eigenvalue weighted by atomic mass is 35.5. The minimum absolute atomic E-state index is 0. The van der Waals surface area contributed by atoms with Crippen LogP contribution in [-0.4, -0.2) is 33.5 Å². The summed E-state index contributed by atoms with van der Waals surface area (Å²) in [6.07, 6.45) is 1.35. The molecule has 0 unspecified atom stereocenters. The summed E-state index contributed by atoms with van der Waals surface area (Å²) in [6.45, 7) is 0.692. The number of benzene rings is 1. The van der Waals surface area contributed by atoms with Crippen LogP contribution in [0.3, 0.4) is 0 Å². The third-order valence-corrected chi connectivity index (χ3v) is 3.98. The van der Waals surface area contributed by atoms with Crippen LogP contribution in [0.25, 0.3) is 10.9 Å². The Hall–Kier alpha value is -1.50. The third kappa shape index (κ3) is 3.23. The van der Waals surface area contributed by atoms with Crippen molar-refractivity contribution in [1.29, 1.82) is 0 Å². The van der Waals surface area contributed by atoms with Gasteiger partial charge in [0, 0.05) is 22.4 Å². The Kier molecular flexibility index (Phi) is 4.92. The van der Waals surface area contributed by atoms with Crippen LogP contribution in [0.5, 0.6) is 5.75 Å². The van der Waals surface area contributed by atoms with Crippen LogP contribution in [0.2, 0.25) is 5.02 Å². The summed E-state index contributed by atoms with van der Waals surface area (Å²) in [4.78, 5) is 20.4.